The van der Waals surface area contributed by atoms with Gasteiger partial charge in [0.15, 0.2) is 0 Å². The van der Waals surface area contributed by atoms with E-state index in [0.29, 0.717) is 11.3 Å². The van der Waals surface area contributed by atoms with E-state index in [0.717, 1.165) is 0 Å². The van der Waals surface area contributed by atoms with E-state index in [1.165, 1.54) is 12.5 Å². The number of nitrogens with one attached hydrogen (secondary N) is 4. The van der Waals surface area contributed by atoms with Crippen molar-refractivity contribution in [3.05, 3.63) is 54.1 Å². The molecule has 0 aliphatic rings. The van der Waals surface area contributed by atoms with Gasteiger partial charge in [-0.2, -0.15) is 0 Å². The normalized spacial score (nSPS) is 13.8. The summed E-state index contributed by atoms with van der Waals surface area (Å²) in [5.41, 5.74) is 7.19. The number of rotatable bonds is 16. The van der Waals surface area contributed by atoms with Gasteiger partial charge in [0.2, 0.25) is 17.7 Å². The molecule has 2 aromatic rings. The zero-order chi connectivity index (χ0) is 28.9. The molecule has 4 atom stereocenters. The number of carboxylic acids is 3. The lowest BCUT2D eigenvalue weighted by Crippen LogP contribution is -2.58. The van der Waals surface area contributed by atoms with Gasteiger partial charge in [0.1, 0.15) is 18.1 Å². The molecule has 0 aliphatic heterocycles. The van der Waals surface area contributed by atoms with E-state index >= 15 is 0 Å². The molecule has 15 nitrogen and oxygen atoms in total. The highest BCUT2D eigenvalue weighted by atomic mass is 16.4. The van der Waals surface area contributed by atoms with Gasteiger partial charge in [0, 0.05) is 31.2 Å². The van der Waals surface area contributed by atoms with Crippen molar-refractivity contribution in [3.63, 3.8) is 0 Å². The van der Waals surface area contributed by atoms with Crippen LogP contribution in [0.4, 0.5) is 0 Å². The van der Waals surface area contributed by atoms with Crippen molar-refractivity contribution < 1.29 is 44.1 Å². The molecular weight excluding hydrogens is 516 g/mol. The van der Waals surface area contributed by atoms with Gasteiger partial charge in [-0.15, -0.1) is 0 Å². The Morgan fingerprint density at radius 1 is 0.821 bits per heavy atom. The number of carbonyl (C=O) groups excluding carboxylic acids is 3. The number of nitrogens with two attached hydrogens (primary N) is 1. The van der Waals surface area contributed by atoms with Crippen molar-refractivity contribution in [2.45, 2.75) is 56.3 Å². The number of aromatic nitrogens is 2. The second-order valence-electron chi connectivity index (χ2n) is 8.63. The molecule has 1 heterocycles. The molecule has 0 saturated carbocycles. The molecule has 0 aliphatic carbocycles. The largest absolute Gasteiger partial charge is 0.481 e. The zero-order valence-electron chi connectivity index (χ0n) is 20.7. The number of carboxylic acid groups (broad SMARTS) is 3. The van der Waals surface area contributed by atoms with Crippen LogP contribution in [0, 0.1) is 0 Å². The summed E-state index contributed by atoms with van der Waals surface area (Å²) in [6, 6.07) is 2.83. The van der Waals surface area contributed by atoms with Crippen LogP contribution in [0.5, 0.6) is 0 Å². The number of amides is 3. The van der Waals surface area contributed by atoms with Crippen LogP contribution in [0.15, 0.2) is 42.9 Å². The van der Waals surface area contributed by atoms with Gasteiger partial charge in [0.25, 0.3) is 0 Å². The molecule has 1 aromatic heterocycles. The minimum atomic E-state index is -1.73. The van der Waals surface area contributed by atoms with E-state index in [4.69, 9.17) is 10.8 Å². The van der Waals surface area contributed by atoms with Gasteiger partial charge in [-0.05, 0) is 12.0 Å². The number of imidazole rings is 1. The molecule has 4 unspecified atom stereocenters. The molecule has 0 spiro atoms. The average molecular weight is 547 g/mol. The standard InChI is InChI=1S/C24H30N6O9/c25-15(9-14-11-26-12-27-14)21(35)29-17(8-13-4-2-1-3-5-13)22(36)30-18(10-20(33)34)23(37)28-16(24(38)39)6-7-19(31)32/h1-5,11-12,15-18H,6-10,25H2,(H,26,27)(H,28,37)(H,29,35)(H,30,36)(H,31,32)(H,33,34)(H,38,39). The third-order valence-electron chi connectivity index (χ3n) is 5.52. The highest BCUT2D eigenvalue weighted by molar-refractivity contribution is 5.95. The summed E-state index contributed by atoms with van der Waals surface area (Å²) in [4.78, 5) is 79.0. The first-order valence-corrected chi connectivity index (χ1v) is 11.8. The lowest BCUT2D eigenvalue weighted by molar-refractivity contribution is -0.144. The van der Waals surface area contributed by atoms with Crippen LogP contribution in [0.25, 0.3) is 0 Å². The van der Waals surface area contributed by atoms with E-state index in [2.05, 4.69) is 25.9 Å². The lowest BCUT2D eigenvalue weighted by atomic mass is 10.0. The third kappa shape index (κ3) is 10.6. The van der Waals surface area contributed by atoms with E-state index in [1.807, 2.05) is 0 Å². The average Bonchev–Trinajstić information content (AvgIpc) is 3.38. The second-order valence-corrected chi connectivity index (χ2v) is 8.63. The molecule has 2 rings (SSSR count). The lowest BCUT2D eigenvalue weighted by Gasteiger charge is -2.24. The molecular formula is C24H30N6O9. The molecule has 0 radical (unpaired) electrons. The predicted octanol–water partition coefficient (Wildman–Crippen LogP) is -1.60. The van der Waals surface area contributed by atoms with Crippen LogP contribution in [0.2, 0.25) is 0 Å². The third-order valence-corrected chi connectivity index (χ3v) is 5.52. The maximum absolute atomic E-state index is 13.2. The molecule has 1 aromatic carbocycles. The minimum absolute atomic E-state index is 0.0348. The monoisotopic (exact) mass is 546 g/mol. The minimum Gasteiger partial charge on any atom is -0.481 e. The zero-order valence-corrected chi connectivity index (χ0v) is 20.7. The first kappa shape index (κ1) is 30.4. The summed E-state index contributed by atoms with van der Waals surface area (Å²) in [7, 11) is 0. The van der Waals surface area contributed by atoms with Gasteiger partial charge in [0.05, 0.1) is 18.8 Å². The van der Waals surface area contributed by atoms with Crippen LogP contribution >= 0.6 is 0 Å². The number of nitrogens with zero attached hydrogens (tertiary/aromatic N) is 1. The Bertz CT molecular complexity index is 1160. The Morgan fingerprint density at radius 2 is 1.44 bits per heavy atom. The number of carbonyl (C=O) groups is 6. The number of hydrogen-bond donors (Lipinski definition) is 8. The number of benzene rings is 1. The summed E-state index contributed by atoms with van der Waals surface area (Å²) in [6.07, 6.45) is 0.999. The Hall–Kier alpha value is -4.79. The number of H-pyrrole nitrogens is 1. The topological polar surface area (TPSA) is 254 Å². The molecule has 0 bridgehead atoms. The molecule has 3 amide bonds. The first-order valence-electron chi connectivity index (χ1n) is 11.8. The second kappa shape index (κ2) is 14.8. The Balaban J connectivity index is 2.19. The van der Waals surface area contributed by atoms with Crippen LogP contribution in [-0.4, -0.2) is 85.1 Å². The van der Waals surface area contributed by atoms with Gasteiger partial charge >= 0.3 is 17.9 Å². The quantitative estimate of drug-likeness (QED) is 0.119. The molecule has 210 valence electrons. The summed E-state index contributed by atoms with van der Waals surface area (Å²) >= 11 is 0. The Kier molecular flexibility index (Phi) is 11.6. The van der Waals surface area contributed by atoms with Crippen molar-refractivity contribution in [2.24, 2.45) is 5.73 Å². The van der Waals surface area contributed by atoms with Crippen LogP contribution in [0.3, 0.4) is 0 Å². The van der Waals surface area contributed by atoms with Crippen molar-refractivity contribution >= 4 is 35.6 Å². The van der Waals surface area contributed by atoms with Gasteiger partial charge < -0.3 is 42.0 Å². The van der Waals surface area contributed by atoms with Crippen molar-refractivity contribution in [3.8, 4) is 0 Å². The molecule has 9 N–H and O–H groups in total. The predicted molar refractivity (Wildman–Crippen MR) is 133 cm³/mol. The summed E-state index contributed by atoms with van der Waals surface area (Å²) in [6.45, 7) is 0. The van der Waals surface area contributed by atoms with E-state index < -0.39 is 79.1 Å². The number of hydrogen-bond acceptors (Lipinski definition) is 8. The molecule has 0 fully saturated rings. The van der Waals surface area contributed by atoms with Crippen LogP contribution in [-0.2, 0) is 41.6 Å². The SMILES string of the molecule is NC(Cc1cnc[nH]1)C(=O)NC(Cc1ccccc1)C(=O)NC(CC(=O)O)C(=O)NC(CCC(=O)O)C(=O)O. The smallest absolute Gasteiger partial charge is 0.326 e. The Morgan fingerprint density at radius 3 is 2.00 bits per heavy atom. The fraction of sp³-hybridized carbons (Fsp3) is 0.375. The number of aromatic amines is 1. The number of aliphatic carboxylic acids is 3. The van der Waals surface area contributed by atoms with E-state index in [1.54, 1.807) is 30.3 Å². The maximum Gasteiger partial charge on any atom is 0.326 e. The summed E-state index contributed by atoms with van der Waals surface area (Å²) in [5.74, 6) is -7.07. The highest BCUT2D eigenvalue weighted by Crippen LogP contribution is 2.07. The van der Waals surface area contributed by atoms with E-state index in [-0.39, 0.29) is 12.8 Å². The molecule has 39 heavy (non-hydrogen) atoms. The van der Waals surface area contributed by atoms with Crippen LogP contribution < -0.4 is 21.7 Å². The molecule has 15 heteroatoms. The highest BCUT2D eigenvalue weighted by Gasteiger charge is 2.32. The van der Waals surface area contributed by atoms with E-state index in [9.17, 15) is 39.0 Å². The molecule has 0 saturated heterocycles. The maximum atomic E-state index is 13.2. The Labute approximate surface area is 222 Å². The van der Waals surface area contributed by atoms with Crippen molar-refractivity contribution in [2.75, 3.05) is 0 Å². The summed E-state index contributed by atoms with van der Waals surface area (Å²) < 4.78 is 0. The fourth-order valence-electron chi connectivity index (χ4n) is 3.52. The van der Waals surface area contributed by atoms with Crippen LogP contribution in [0.1, 0.15) is 30.5 Å². The van der Waals surface area contributed by atoms with Gasteiger partial charge in [-0.1, -0.05) is 30.3 Å². The van der Waals surface area contributed by atoms with Crippen molar-refractivity contribution in [1.29, 1.82) is 0 Å². The fourth-order valence-corrected chi connectivity index (χ4v) is 3.52. The van der Waals surface area contributed by atoms with Crippen molar-refractivity contribution in [1.82, 2.24) is 25.9 Å². The first-order chi connectivity index (χ1) is 18.5. The summed E-state index contributed by atoms with van der Waals surface area (Å²) in [5, 5.41) is 34.2. The van der Waals surface area contributed by atoms with Gasteiger partial charge in [-0.25, -0.2) is 9.78 Å². The van der Waals surface area contributed by atoms with Gasteiger partial charge in [-0.3, -0.25) is 24.0 Å².